The van der Waals surface area contributed by atoms with E-state index in [-0.39, 0.29) is 11.9 Å². The Bertz CT molecular complexity index is 620. The van der Waals surface area contributed by atoms with Gasteiger partial charge in [-0.3, -0.25) is 0 Å². The second-order valence-corrected chi connectivity index (χ2v) is 7.09. The Labute approximate surface area is 143 Å². The van der Waals surface area contributed by atoms with Crippen LogP contribution in [0.1, 0.15) is 39.2 Å². The number of nitrogens with zero attached hydrogens (tertiary/aromatic N) is 1. The second-order valence-electron chi connectivity index (χ2n) is 7.09. The number of hydrogen-bond acceptors (Lipinski definition) is 3. The van der Waals surface area contributed by atoms with E-state index < -0.39 is 5.60 Å². The minimum atomic E-state index is -0.490. The van der Waals surface area contributed by atoms with Gasteiger partial charge in [0.2, 0.25) is 0 Å². The number of amides is 1. The maximum Gasteiger partial charge on any atom is 0.410 e. The normalized spacial score (nSPS) is 17.0. The molecule has 1 fully saturated rings. The van der Waals surface area contributed by atoms with Crippen LogP contribution < -0.4 is 4.74 Å². The summed E-state index contributed by atoms with van der Waals surface area (Å²) < 4.78 is 24.3. The zero-order chi connectivity index (χ0) is 17.7. The molecule has 132 valence electrons. The topological polar surface area (TPSA) is 38.8 Å². The third-order valence-corrected chi connectivity index (χ3v) is 3.73. The number of aryl methyl sites for hydroxylation is 1. The smallest absolute Gasteiger partial charge is 0.410 e. The van der Waals surface area contributed by atoms with Crippen LogP contribution in [-0.2, 0) is 4.74 Å². The molecule has 1 aliphatic rings. The van der Waals surface area contributed by atoms with E-state index in [4.69, 9.17) is 9.47 Å². The maximum absolute atomic E-state index is 13.3. The van der Waals surface area contributed by atoms with Crippen LogP contribution in [0.2, 0.25) is 0 Å². The molecule has 1 saturated heterocycles. The number of halogens is 1. The summed E-state index contributed by atoms with van der Waals surface area (Å²) in [4.78, 5) is 13.9. The Morgan fingerprint density at radius 3 is 2.83 bits per heavy atom. The van der Waals surface area contributed by atoms with Gasteiger partial charge in [-0.15, -0.1) is 0 Å². The largest absolute Gasteiger partial charge is 0.489 e. The number of piperidine rings is 1. The highest BCUT2D eigenvalue weighted by Crippen LogP contribution is 2.21. The Morgan fingerprint density at radius 1 is 1.38 bits per heavy atom. The van der Waals surface area contributed by atoms with E-state index in [0.29, 0.717) is 25.4 Å². The third kappa shape index (κ3) is 5.55. The van der Waals surface area contributed by atoms with Crippen LogP contribution in [0.25, 0.3) is 0 Å². The molecule has 0 unspecified atom stereocenters. The highest BCUT2D eigenvalue weighted by atomic mass is 19.1. The molecule has 24 heavy (non-hydrogen) atoms. The van der Waals surface area contributed by atoms with Gasteiger partial charge in [0.05, 0.1) is 0 Å². The molecular formula is C19H26FNO3. The molecule has 1 aliphatic heterocycles. The number of ether oxygens (including phenoxy) is 2. The first-order valence-corrected chi connectivity index (χ1v) is 8.29. The van der Waals surface area contributed by atoms with Gasteiger partial charge < -0.3 is 14.4 Å². The van der Waals surface area contributed by atoms with Gasteiger partial charge in [0.1, 0.15) is 23.8 Å². The predicted molar refractivity (Wildman–Crippen MR) is 91.8 cm³/mol. The van der Waals surface area contributed by atoms with Gasteiger partial charge in [0, 0.05) is 19.2 Å². The molecule has 5 heteroatoms. The van der Waals surface area contributed by atoms with Gasteiger partial charge in [-0.1, -0.05) is 11.6 Å². The molecule has 0 saturated carbocycles. The number of carbonyl (C=O) groups excluding carboxylic acids is 1. The summed E-state index contributed by atoms with van der Waals surface area (Å²) in [5.41, 5.74) is 1.55. The summed E-state index contributed by atoms with van der Waals surface area (Å²) in [5.74, 6) is 0.240. The Morgan fingerprint density at radius 2 is 2.12 bits per heavy atom. The van der Waals surface area contributed by atoms with Crippen LogP contribution in [0, 0.1) is 12.7 Å². The van der Waals surface area contributed by atoms with E-state index in [1.165, 1.54) is 12.1 Å². The van der Waals surface area contributed by atoms with Crippen LogP contribution in [0.5, 0.6) is 5.75 Å². The SMILES string of the molecule is Cc1ccc(F)cc1OC/C=C1\CCCN(C(=O)OC(C)(C)C)C1. The summed E-state index contributed by atoms with van der Waals surface area (Å²) in [5, 5.41) is 0. The zero-order valence-electron chi connectivity index (χ0n) is 14.9. The van der Waals surface area contributed by atoms with Gasteiger partial charge in [-0.2, -0.15) is 0 Å². The van der Waals surface area contributed by atoms with Gasteiger partial charge >= 0.3 is 6.09 Å². The zero-order valence-corrected chi connectivity index (χ0v) is 14.9. The Balaban J connectivity index is 1.91. The first-order chi connectivity index (χ1) is 11.2. The van der Waals surface area contributed by atoms with E-state index in [0.717, 1.165) is 24.0 Å². The molecule has 4 nitrogen and oxygen atoms in total. The fraction of sp³-hybridized carbons (Fsp3) is 0.526. The standard InChI is InChI=1S/C19H26FNO3/c1-14-7-8-16(20)12-17(14)23-11-9-15-6-5-10-21(13-15)18(22)24-19(2,3)4/h7-9,12H,5-6,10-11,13H2,1-4H3/b15-9+. The molecule has 0 spiro atoms. The van der Waals surface area contributed by atoms with Crippen LogP contribution in [0.15, 0.2) is 29.8 Å². The fourth-order valence-corrected chi connectivity index (χ4v) is 2.53. The lowest BCUT2D eigenvalue weighted by Crippen LogP contribution is -2.40. The number of benzene rings is 1. The maximum atomic E-state index is 13.3. The van der Waals surface area contributed by atoms with Crippen molar-refractivity contribution >= 4 is 6.09 Å². The van der Waals surface area contributed by atoms with Crippen molar-refractivity contribution < 1.29 is 18.7 Å². The summed E-state index contributed by atoms with van der Waals surface area (Å²) in [6, 6.07) is 4.50. The highest BCUT2D eigenvalue weighted by molar-refractivity contribution is 5.68. The Kier molecular flexibility index (Phi) is 5.86. The van der Waals surface area contributed by atoms with Crippen molar-refractivity contribution in [3.05, 3.63) is 41.2 Å². The van der Waals surface area contributed by atoms with Crippen molar-refractivity contribution in [2.75, 3.05) is 19.7 Å². The minimum absolute atomic E-state index is 0.282. The molecule has 0 aromatic heterocycles. The van der Waals surface area contributed by atoms with Crippen LogP contribution in [-0.4, -0.2) is 36.3 Å². The van der Waals surface area contributed by atoms with E-state index in [9.17, 15) is 9.18 Å². The summed E-state index contributed by atoms with van der Waals surface area (Å²) in [6.45, 7) is 9.09. The molecule has 0 aliphatic carbocycles. The molecule has 0 bridgehead atoms. The van der Waals surface area contributed by atoms with Crippen molar-refractivity contribution in [2.24, 2.45) is 0 Å². The van der Waals surface area contributed by atoms with Crippen molar-refractivity contribution in [1.82, 2.24) is 4.90 Å². The van der Waals surface area contributed by atoms with Crippen molar-refractivity contribution in [3.8, 4) is 5.75 Å². The summed E-state index contributed by atoms with van der Waals surface area (Å²) >= 11 is 0. The van der Waals surface area contributed by atoms with E-state index >= 15 is 0 Å². The molecule has 1 heterocycles. The molecule has 0 atom stereocenters. The summed E-state index contributed by atoms with van der Waals surface area (Å²) in [7, 11) is 0. The lowest BCUT2D eigenvalue weighted by molar-refractivity contribution is 0.0246. The van der Waals surface area contributed by atoms with E-state index in [1.807, 2.05) is 33.8 Å². The third-order valence-electron chi connectivity index (χ3n) is 3.73. The minimum Gasteiger partial charge on any atom is -0.489 e. The number of rotatable bonds is 3. The molecule has 1 aromatic carbocycles. The number of hydrogen-bond donors (Lipinski definition) is 0. The number of carbonyl (C=O) groups is 1. The molecule has 2 rings (SSSR count). The quantitative estimate of drug-likeness (QED) is 0.765. The van der Waals surface area contributed by atoms with E-state index in [1.54, 1.807) is 11.0 Å². The predicted octanol–water partition coefficient (Wildman–Crippen LogP) is 4.47. The van der Waals surface area contributed by atoms with E-state index in [2.05, 4.69) is 0 Å². The molecule has 0 N–H and O–H groups in total. The molecule has 1 aromatic rings. The van der Waals surface area contributed by atoms with Crippen LogP contribution in [0.4, 0.5) is 9.18 Å². The molecule has 0 radical (unpaired) electrons. The average Bonchev–Trinajstić information content (AvgIpc) is 2.49. The Hall–Kier alpha value is -2.04. The lowest BCUT2D eigenvalue weighted by atomic mass is 10.1. The number of likely N-dealkylation sites (tertiary alicyclic amines) is 1. The first kappa shape index (κ1) is 18.3. The van der Waals surface area contributed by atoms with Crippen molar-refractivity contribution in [2.45, 2.75) is 46.1 Å². The monoisotopic (exact) mass is 335 g/mol. The molecular weight excluding hydrogens is 309 g/mol. The van der Waals surface area contributed by atoms with Gasteiger partial charge in [0.25, 0.3) is 0 Å². The first-order valence-electron chi connectivity index (χ1n) is 8.29. The van der Waals surface area contributed by atoms with Crippen molar-refractivity contribution in [1.29, 1.82) is 0 Å². The van der Waals surface area contributed by atoms with Crippen molar-refractivity contribution in [3.63, 3.8) is 0 Å². The van der Waals surface area contributed by atoms with Crippen LogP contribution in [0.3, 0.4) is 0 Å². The van der Waals surface area contributed by atoms with Crippen LogP contribution >= 0.6 is 0 Å². The van der Waals surface area contributed by atoms with Gasteiger partial charge in [-0.05, 0) is 58.2 Å². The fourth-order valence-electron chi connectivity index (χ4n) is 2.53. The van der Waals surface area contributed by atoms with Gasteiger partial charge in [0.15, 0.2) is 0 Å². The lowest BCUT2D eigenvalue weighted by Gasteiger charge is -2.31. The molecule has 1 amide bonds. The second kappa shape index (κ2) is 7.69. The summed E-state index contributed by atoms with van der Waals surface area (Å²) in [6.07, 6.45) is 3.53. The van der Waals surface area contributed by atoms with Gasteiger partial charge in [-0.25, -0.2) is 9.18 Å². The highest BCUT2D eigenvalue weighted by Gasteiger charge is 2.24. The average molecular weight is 335 g/mol.